The minimum absolute atomic E-state index is 0.174. The fraction of sp³-hybridized carbons (Fsp3) is 0.250. The minimum Gasteiger partial charge on any atom is -0.468 e. The Balaban J connectivity index is 2.08. The molecular weight excluding hydrogens is 232 g/mol. The number of carbonyl (C=O) groups excluding carboxylic acids is 1. The Morgan fingerprint density at radius 3 is 3.11 bits per heavy atom. The molecule has 0 aliphatic rings. The molecule has 0 aliphatic carbocycles. The number of hydrogen-bond donors (Lipinski definition) is 2. The van der Waals surface area contributed by atoms with Gasteiger partial charge in [0.1, 0.15) is 11.3 Å². The van der Waals surface area contributed by atoms with Crippen LogP contribution >= 0.6 is 0 Å². The van der Waals surface area contributed by atoms with Crippen LogP contribution in [0.3, 0.4) is 0 Å². The number of pyridine rings is 2. The van der Waals surface area contributed by atoms with E-state index in [1.165, 1.54) is 7.11 Å². The molecule has 94 valence electrons. The number of ether oxygens (including phenoxy) is 1. The minimum atomic E-state index is -0.294. The maximum absolute atomic E-state index is 10.9. The number of methoxy groups -OCH3 is 1. The van der Waals surface area contributed by atoms with Crippen LogP contribution in [0, 0.1) is 0 Å². The number of nitrogens with two attached hydrogens (primary N) is 1. The lowest BCUT2D eigenvalue weighted by Crippen LogP contribution is -2.23. The van der Waals surface area contributed by atoms with E-state index in [9.17, 15) is 4.79 Å². The van der Waals surface area contributed by atoms with Gasteiger partial charge in [-0.15, -0.1) is 0 Å². The van der Waals surface area contributed by atoms with Crippen LogP contribution in [0.2, 0.25) is 0 Å². The zero-order valence-electron chi connectivity index (χ0n) is 10.0. The van der Waals surface area contributed by atoms with Crippen LogP contribution in [0.4, 0.5) is 5.82 Å². The van der Waals surface area contributed by atoms with Crippen LogP contribution in [-0.2, 0) is 16.1 Å². The average molecular weight is 246 g/mol. The first kappa shape index (κ1) is 12.3. The van der Waals surface area contributed by atoms with Gasteiger partial charge in [0, 0.05) is 24.3 Å². The van der Waals surface area contributed by atoms with Crippen molar-refractivity contribution < 1.29 is 9.53 Å². The summed E-state index contributed by atoms with van der Waals surface area (Å²) in [6.45, 7) is 0.716. The van der Waals surface area contributed by atoms with Crippen molar-refractivity contribution in [3.05, 3.63) is 30.1 Å². The number of rotatable bonds is 4. The van der Waals surface area contributed by atoms with Crippen molar-refractivity contribution in [2.45, 2.75) is 6.54 Å². The molecule has 0 unspecified atom stereocenters. The van der Waals surface area contributed by atoms with Crippen LogP contribution in [0.1, 0.15) is 5.56 Å². The molecule has 6 heteroatoms. The van der Waals surface area contributed by atoms with Crippen molar-refractivity contribution in [3.8, 4) is 0 Å². The Morgan fingerprint density at radius 1 is 1.50 bits per heavy atom. The summed E-state index contributed by atoms with van der Waals surface area (Å²) in [5.41, 5.74) is 7.37. The SMILES string of the molecule is COC(=O)CNCc1cnc2c(N)nccc2c1. The van der Waals surface area contributed by atoms with Gasteiger partial charge in [-0.1, -0.05) is 0 Å². The van der Waals surface area contributed by atoms with Crippen molar-refractivity contribution in [1.82, 2.24) is 15.3 Å². The molecule has 2 heterocycles. The first-order chi connectivity index (χ1) is 8.70. The zero-order chi connectivity index (χ0) is 13.0. The lowest BCUT2D eigenvalue weighted by Gasteiger charge is -2.05. The van der Waals surface area contributed by atoms with Gasteiger partial charge in [0.05, 0.1) is 13.7 Å². The van der Waals surface area contributed by atoms with Crippen molar-refractivity contribution in [1.29, 1.82) is 0 Å². The average Bonchev–Trinajstić information content (AvgIpc) is 2.38. The molecule has 0 saturated carbocycles. The molecule has 2 aromatic heterocycles. The van der Waals surface area contributed by atoms with Crippen molar-refractivity contribution >= 4 is 22.7 Å². The van der Waals surface area contributed by atoms with Crippen LogP contribution in [-0.4, -0.2) is 29.6 Å². The third-order valence-corrected chi connectivity index (χ3v) is 2.51. The maximum Gasteiger partial charge on any atom is 0.319 e. The molecule has 0 aromatic carbocycles. The monoisotopic (exact) mass is 246 g/mol. The van der Waals surface area contributed by atoms with E-state index < -0.39 is 0 Å². The Morgan fingerprint density at radius 2 is 2.33 bits per heavy atom. The first-order valence-electron chi connectivity index (χ1n) is 5.47. The van der Waals surface area contributed by atoms with Gasteiger partial charge in [-0.2, -0.15) is 0 Å². The summed E-state index contributed by atoms with van der Waals surface area (Å²) < 4.78 is 4.53. The van der Waals surface area contributed by atoms with Crippen LogP contribution < -0.4 is 11.1 Å². The highest BCUT2D eigenvalue weighted by molar-refractivity contribution is 5.87. The second kappa shape index (κ2) is 5.42. The van der Waals surface area contributed by atoms with E-state index >= 15 is 0 Å². The number of nitrogens with one attached hydrogen (secondary N) is 1. The molecule has 0 amide bonds. The molecule has 0 bridgehead atoms. The number of nitrogen functional groups attached to an aromatic ring is 1. The normalized spacial score (nSPS) is 10.5. The van der Waals surface area contributed by atoms with Gasteiger partial charge in [-0.3, -0.25) is 9.78 Å². The van der Waals surface area contributed by atoms with Gasteiger partial charge in [0.15, 0.2) is 0 Å². The lowest BCUT2D eigenvalue weighted by molar-refractivity contribution is -0.139. The second-order valence-electron chi connectivity index (χ2n) is 3.79. The smallest absolute Gasteiger partial charge is 0.319 e. The summed E-state index contributed by atoms with van der Waals surface area (Å²) in [4.78, 5) is 19.2. The molecule has 0 radical (unpaired) electrons. The molecule has 3 N–H and O–H groups in total. The lowest BCUT2D eigenvalue weighted by atomic mass is 10.2. The fourth-order valence-corrected chi connectivity index (χ4v) is 1.61. The number of hydrogen-bond acceptors (Lipinski definition) is 6. The van der Waals surface area contributed by atoms with Gasteiger partial charge in [0.2, 0.25) is 0 Å². The summed E-state index contributed by atoms with van der Waals surface area (Å²) in [5, 5.41) is 3.90. The van der Waals surface area contributed by atoms with Crippen molar-refractivity contribution in [2.75, 3.05) is 19.4 Å². The fourth-order valence-electron chi connectivity index (χ4n) is 1.61. The number of nitrogens with zero attached hydrogens (tertiary/aromatic N) is 2. The molecule has 0 fully saturated rings. The molecular formula is C12H14N4O2. The van der Waals surface area contributed by atoms with Crippen molar-refractivity contribution in [2.24, 2.45) is 0 Å². The molecule has 6 nitrogen and oxygen atoms in total. The Hall–Kier alpha value is -2.21. The van der Waals surface area contributed by atoms with E-state index in [1.807, 2.05) is 12.1 Å². The number of aromatic nitrogens is 2. The number of anilines is 1. The van der Waals surface area contributed by atoms with Gasteiger partial charge >= 0.3 is 5.97 Å². The van der Waals surface area contributed by atoms with E-state index in [-0.39, 0.29) is 12.5 Å². The van der Waals surface area contributed by atoms with Crippen LogP contribution in [0.25, 0.3) is 10.9 Å². The predicted octanol–water partition coefficient (Wildman–Crippen LogP) is 0.475. The molecule has 0 aliphatic heterocycles. The number of carbonyl (C=O) groups is 1. The summed E-state index contributed by atoms with van der Waals surface area (Å²) >= 11 is 0. The third kappa shape index (κ3) is 2.72. The van der Waals surface area contributed by atoms with E-state index in [1.54, 1.807) is 12.4 Å². The summed E-state index contributed by atoms with van der Waals surface area (Å²) in [6, 6.07) is 3.81. The Labute approximate surface area is 104 Å². The van der Waals surface area contributed by atoms with E-state index in [0.717, 1.165) is 10.9 Å². The van der Waals surface area contributed by atoms with Gasteiger partial charge < -0.3 is 15.8 Å². The quantitative estimate of drug-likeness (QED) is 0.762. The molecule has 0 spiro atoms. The van der Waals surface area contributed by atoms with Crippen molar-refractivity contribution in [3.63, 3.8) is 0 Å². The van der Waals surface area contributed by atoms with Crippen LogP contribution in [0.15, 0.2) is 24.5 Å². The second-order valence-corrected chi connectivity index (χ2v) is 3.79. The standard InChI is InChI=1S/C12H14N4O2/c1-18-10(17)7-14-5-8-4-9-2-3-15-12(13)11(9)16-6-8/h2-4,6,14H,5,7H2,1H3,(H2,13,15). The maximum atomic E-state index is 10.9. The highest BCUT2D eigenvalue weighted by Gasteiger charge is 2.03. The number of fused-ring (bicyclic) bond motifs is 1. The summed E-state index contributed by atoms with van der Waals surface area (Å²) in [7, 11) is 1.36. The summed E-state index contributed by atoms with van der Waals surface area (Å²) in [6.07, 6.45) is 3.36. The van der Waals surface area contributed by atoms with Gasteiger partial charge in [-0.25, -0.2) is 4.98 Å². The third-order valence-electron chi connectivity index (χ3n) is 2.51. The highest BCUT2D eigenvalue weighted by atomic mass is 16.5. The first-order valence-corrected chi connectivity index (χ1v) is 5.47. The molecule has 18 heavy (non-hydrogen) atoms. The largest absolute Gasteiger partial charge is 0.468 e. The van der Waals surface area contributed by atoms with Crippen LogP contribution in [0.5, 0.6) is 0 Å². The Kier molecular flexibility index (Phi) is 3.69. The zero-order valence-corrected chi connectivity index (χ0v) is 10.0. The molecule has 2 rings (SSSR count). The van der Waals surface area contributed by atoms with Gasteiger partial charge in [-0.05, 0) is 17.7 Å². The van der Waals surface area contributed by atoms with E-state index in [2.05, 4.69) is 20.0 Å². The molecule has 0 atom stereocenters. The topological polar surface area (TPSA) is 90.1 Å². The number of esters is 1. The van der Waals surface area contributed by atoms with E-state index in [0.29, 0.717) is 17.9 Å². The Bertz CT molecular complexity index is 571. The van der Waals surface area contributed by atoms with E-state index in [4.69, 9.17) is 5.73 Å². The summed E-state index contributed by atoms with van der Waals surface area (Å²) in [5.74, 6) is 0.124. The predicted molar refractivity (Wildman–Crippen MR) is 67.7 cm³/mol. The highest BCUT2D eigenvalue weighted by Crippen LogP contribution is 2.16. The van der Waals surface area contributed by atoms with Gasteiger partial charge in [0.25, 0.3) is 0 Å². The molecule has 2 aromatic rings. The molecule has 0 saturated heterocycles.